The van der Waals surface area contributed by atoms with E-state index in [2.05, 4.69) is 11.3 Å². The van der Waals surface area contributed by atoms with Crippen LogP contribution in [0, 0.1) is 5.92 Å². The fourth-order valence-corrected chi connectivity index (χ4v) is 3.85. The van der Waals surface area contributed by atoms with Crippen molar-refractivity contribution in [2.45, 2.75) is 38.6 Å². The molecule has 1 heterocycles. The maximum Gasteiger partial charge on any atom is 0.336 e. The molecule has 0 amide bonds. The Kier molecular flexibility index (Phi) is 3.18. The molecule has 1 N–H and O–H groups in total. The molecule has 1 fully saturated rings. The predicted molar refractivity (Wildman–Crippen MR) is 66.7 cm³/mol. The highest BCUT2D eigenvalue weighted by Crippen LogP contribution is 2.38. The molecule has 1 aliphatic carbocycles. The molecule has 2 atom stereocenters. The highest BCUT2D eigenvalue weighted by atomic mass is 32.2. The number of nitrogens with one attached hydrogen (secondary N) is 1. The summed E-state index contributed by atoms with van der Waals surface area (Å²) in [4.78, 5) is 0. The summed E-state index contributed by atoms with van der Waals surface area (Å²) < 4.78 is 30.4. The SMILES string of the molecule is C=C(C)C1CC(C)=C[C@]2(CCOS(=O)(=O)N2)C1. The summed E-state index contributed by atoms with van der Waals surface area (Å²) in [7, 11) is -3.59. The molecule has 0 radical (unpaired) electrons. The second-order valence-corrected chi connectivity index (χ2v) is 6.57. The summed E-state index contributed by atoms with van der Waals surface area (Å²) in [5.74, 6) is 0.348. The van der Waals surface area contributed by atoms with Crippen molar-refractivity contribution in [2.24, 2.45) is 5.92 Å². The summed E-state index contributed by atoms with van der Waals surface area (Å²) in [6.07, 6.45) is 4.49. The third-order valence-corrected chi connectivity index (χ3v) is 4.65. The topological polar surface area (TPSA) is 55.4 Å². The van der Waals surface area contributed by atoms with Gasteiger partial charge in [0.15, 0.2) is 0 Å². The molecular formula is C12H19NO3S. The van der Waals surface area contributed by atoms with Crippen LogP contribution in [0.15, 0.2) is 23.8 Å². The number of hydrogen-bond donors (Lipinski definition) is 1. The van der Waals surface area contributed by atoms with Crippen LogP contribution in [0.25, 0.3) is 0 Å². The predicted octanol–water partition coefficient (Wildman–Crippen LogP) is 1.91. The normalized spacial score (nSPS) is 36.6. The van der Waals surface area contributed by atoms with Gasteiger partial charge >= 0.3 is 10.3 Å². The lowest BCUT2D eigenvalue weighted by Gasteiger charge is -2.41. The van der Waals surface area contributed by atoms with Crippen LogP contribution >= 0.6 is 0 Å². The van der Waals surface area contributed by atoms with Gasteiger partial charge in [-0.25, -0.2) is 0 Å². The molecule has 0 saturated carbocycles. The fraction of sp³-hybridized carbons (Fsp3) is 0.667. The molecule has 1 unspecified atom stereocenters. The first kappa shape index (κ1) is 12.8. The minimum absolute atomic E-state index is 0.252. The van der Waals surface area contributed by atoms with Crippen LogP contribution in [0.1, 0.15) is 33.1 Å². The molecule has 2 aliphatic rings. The first-order valence-electron chi connectivity index (χ1n) is 5.84. The van der Waals surface area contributed by atoms with Gasteiger partial charge in [-0.3, -0.25) is 4.18 Å². The van der Waals surface area contributed by atoms with Crippen molar-refractivity contribution in [1.29, 1.82) is 0 Å². The minimum Gasteiger partial charge on any atom is -0.258 e. The van der Waals surface area contributed by atoms with E-state index >= 15 is 0 Å². The third-order valence-electron chi connectivity index (χ3n) is 3.51. The standard InChI is InChI=1S/C12H19NO3S/c1-9(2)11-6-10(3)7-12(8-11)4-5-16-17(14,15)13-12/h7,11,13H,1,4-6,8H2,2-3H3/t11?,12-/m1/s1. The van der Waals surface area contributed by atoms with Gasteiger partial charge in [-0.2, -0.15) is 13.1 Å². The van der Waals surface area contributed by atoms with Crippen molar-refractivity contribution >= 4 is 10.3 Å². The van der Waals surface area contributed by atoms with E-state index in [-0.39, 0.29) is 6.61 Å². The van der Waals surface area contributed by atoms with Gasteiger partial charge in [0.05, 0.1) is 12.1 Å². The molecule has 2 rings (SSSR count). The Morgan fingerprint density at radius 3 is 2.94 bits per heavy atom. The molecule has 5 heteroatoms. The van der Waals surface area contributed by atoms with Gasteiger partial charge in [0, 0.05) is 0 Å². The Morgan fingerprint density at radius 1 is 1.65 bits per heavy atom. The van der Waals surface area contributed by atoms with Crippen LogP contribution in [0.3, 0.4) is 0 Å². The van der Waals surface area contributed by atoms with Crippen molar-refractivity contribution in [3.63, 3.8) is 0 Å². The molecule has 96 valence electrons. The second-order valence-electron chi connectivity index (χ2n) is 5.23. The summed E-state index contributed by atoms with van der Waals surface area (Å²) in [6, 6.07) is 0. The highest BCUT2D eigenvalue weighted by molar-refractivity contribution is 7.84. The maximum absolute atomic E-state index is 11.5. The molecule has 1 spiro atoms. The first-order chi connectivity index (χ1) is 7.82. The molecule has 4 nitrogen and oxygen atoms in total. The Bertz CT molecular complexity index is 466. The van der Waals surface area contributed by atoms with E-state index in [0.29, 0.717) is 12.3 Å². The van der Waals surface area contributed by atoms with Crippen molar-refractivity contribution < 1.29 is 12.6 Å². The minimum atomic E-state index is -3.59. The zero-order chi connectivity index (χ0) is 12.7. The zero-order valence-corrected chi connectivity index (χ0v) is 11.1. The monoisotopic (exact) mass is 257 g/mol. The molecule has 17 heavy (non-hydrogen) atoms. The van der Waals surface area contributed by atoms with Crippen molar-refractivity contribution in [3.8, 4) is 0 Å². The van der Waals surface area contributed by atoms with Crippen LogP contribution in [0.2, 0.25) is 0 Å². The third kappa shape index (κ3) is 2.78. The molecule has 0 bridgehead atoms. The smallest absolute Gasteiger partial charge is 0.258 e. The molecule has 0 aromatic rings. The van der Waals surface area contributed by atoms with Crippen LogP contribution in [0.5, 0.6) is 0 Å². The fourth-order valence-electron chi connectivity index (χ4n) is 2.75. The van der Waals surface area contributed by atoms with Gasteiger partial charge in [0.1, 0.15) is 0 Å². The quantitative estimate of drug-likeness (QED) is 0.730. The van der Waals surface area contributed by atoms with Crippen LogP contribution in [-0.4, -0.2) is 20.6 Å². The average molecular weight is 257 g/mol. The summed E-state index contributed by atoms with van der Waals surface area (Å²) in [5, 5.41) is 0. The van der Waals surface area contributed by atoms with Crippen LogP contribution in [0.4, 0.5) is 0 Å². The molecular weight excluding hydrogens is 238 g/mol. The van der Waals surface area contributed by atoms with Crippen molar-refractivity contribution in [1.82, 2.24) is 4.72 Å². The van der Waals surface area contributed by atoms with Crippen LogP contribution < -0.4 is 4.72 Å². The van der Waals surface area contributed by atoms with E-state index in [9.17, 15) is 8.42 Å². The second kappa shape index (κ2) is 4.23. The number of rotatable bonds is 1. The lowest BCUT2D eigenvalue weighted by Crippen LogP contribution is -2.54. The molecule has 1 saturated heterocycles. The Hall–Kier alpha value is -0.650. The van der Waals surface area contributed by atoms with Gasteiger partial charge in [0.25, 0.3) is 0 Å². The lowest BCUT2D eigenvalue weighted by atomic mass is 9.74. The van der Waals surface area contributed by atoms with E-state index in [4.69, 9.17) is 4.18 Å². The Morgan fingerprint density at radius 2 is 2.35 bits per heavy atom. The van der Waals surface area contributed by atoms with Gasteiger partial charge in [-0.1, -0.05) is 23.8 Å². The van der Waals surface area contributed by atoms with Gasteiger partial charge in [-0.05, 0) is 39.0 Å². The van der Waals surface area contributed by atoms with Gasteiger partial charge in [0.2, 0.25) is 0 Å². The Balaban J connectivity index is 2.30. The lowest BCUT2D eigenvalue weighted by molar-refractivity contribution is 0.201. The highest BCUT2D eigenvalue weighted by Gasteiger charge is 2.41. The zero-order valence-electron chi connectivity index (χ0n) is 10.3. The van der Waals surface area contributed by atoms with E-state index in [1.165, 1.54) is 5.57 Å². The van der Waals surface area contributed by atoms with E-state index in [0.717, 1.165) is 18.4 Å². The molecule has 1 aliphatic heterocycles. The van der Waals surface area contributed by atoms with Crippen molar-refractivity contribution in [2.75, 3.05) is 6.61 Å². The van der Waals surface area contributed by atoms with E-state index in [1.54, 1.807) is 0 Å². The number of hydrogen-bond acceptors (Lipinski definition) is 3. The summed E-state index contributed by atoms with van der Waals surface area (Å²) in [6.45, 7) is 8.29. The Labute approximate surface area is 103 Å². The van der Waals surface area contributed by atoms with Gasteiger partial charge in [-0.15, -0.1) is 0 Å². The largest absolute Gasteiger partial charge is 0.336 e. The van der Waals surface area contributed by atoms with Gasteiger partial charge < -0.3 is 0 Å². The maximum atomic E-state index is 11.5. The van der Waals surface area contributed by atoms with Crippen LogP contribution in [-0.2, 0) is 14.5 Å². The average Bonchev–Trinajstić information content (AvgIpc) is 2.13. The number of allylic oxidation sites excluding steroid dienone is 2. The van der Waals surface area contributed by atoms with E-state index < -0.39 is 15.8 Å². The molecule has 0 aromatic carbocycles. The van der Waals surface area contributed by atoms with Crippen molar-refractivity contribution in [3.05, 3.63) is 23.8 Å². The summed E-state index contributed by atoms with van der Waals surface area (Å²) >= 11 is 0. The summed E-state index contributed by atoms with van der Waals surface area (Å²) in [5.41, 5.74) is 1.86. The molecule has 0 aromatic heterocycles. The van der Waals surface area contributed by atoms with E-state index in [1.807, 2.05) is 19.9 Å². The first-order valence-corrected chi connectivity index (χ1v) is 7.25.